The lowest BCUT2D eigenvalue weighted by atomic mass is 10.1. The van der Waals surface area contributed by atoms with Crippen molar-refractivity contribution in [2.75, 3.05) is 4.72 Å². The lowest BCUT2D eigenvalue weighted by molar-refractivity contribution is 0.599. The molecule has 0 unspecified atom stereocenters. The van der Waals surface area contributed by atoms with Crippen LogP contribution in [0.2, 0.25) is 5.02 Å². The van der Waals surface area contributed by atoms with Gasteiger partial charge in [0.05, 0.1) is 22.1 Å². The summed E-state index contributed by atoms with van der Waals surface area (Å²) in [6.45, 7) is 1.70. The Morgan fingerprint density at radius 2 is 1.84 bits per heavy atom. The van der Waals surface area contributed by atoms with Gasteiger partial charge in [0.15, 0.2) is 0 Å². The van der Waals surface area contributed by atoms with Crippen LogP contribution in [-0.2, 0) is 17.1 Å². The third kappa shape index (κ3) is 3.38. The van der Waals surface area contributed by atoms with Crippen LogP contribution in [0, 0.1) is 12.7 Å². The maximum atomic E-state index is 13.2. The van der Waals surface area contributed by atoms with E-state index in [-0.39, 0.29) is 9.92 Å². The van der Waals surface area contributed by atoms with Gasteiger partial charge in [0, 0.05) is 12.6 Å². The van der Waals surface area contributed by atoms with Crippen LogP contribution in [0.25, 0.3) is 11.3 Å². The molecule has 0 aliphatic heterocycles. The van der Waals surface area contributed by atoms with Crippen molar-refractivity contribution in [1.29, 1.82) is 0 Å². The Morgan fingerprint density at radius 3 is 2.48 bits per heavy atom. The normalized spacial score (nSPS) is 11.5. The van der Waals surface area contributed by atoms with Gasteiger partial charge < -0.3 is 0 Å². The Labute approximate surface area is 150 Å². The number of hydrogen-bond donors (Lipinski definition) is 1. The van der Waals surface area contributed by atoms with Gasteiger partial charge in [-0.15, -0.1) is 0 Å². The summed E-state index contributed by atoms with van der Waals surface area (Å²) in [5.74, 6) is -0.605. The maximum Gasteiger partial charge on any atom is 0.263 e. The average molecular weight is 380 g/mol. The van der Waals surface area contributed by atoms with Gasteiger partial charge in [0.25, 0.3) is 10.0 Å². The first-order valence-corrected chi connectivity index (χ1v) is 9.22. The molecule has 1 N–H and O–H groups in total. The number of rotatable bonds is 4. The number of nitrogens with one attached hydrogen (secondary N) is 1. The zero-order valence-electron chi connectivity index (χ0n) is 13.5. The van der Waals surface area contributed by atoms with Crippen LogP contribution in [0.4, 0.5) is 10.1 Å². The Morgan fingerprint density at radius 1 is 1.16 bits per heavy atom. The number of aromatic nitrogens is 2. The van der Waals surface area contributed by atoms with Crippen molar-refractivity contribution in [3.63, 3.8) is 0 Å². The van der Waals surface area contributed by atoms with Gasteiger partial charge in [-0.1, -0.05) is 41.9 Å². The van der Waals surface area contributed by atoms with Crippen LogP contribution < -0.4 is 4.72 Å². The fraction of sp³-hybridized carbons (Fsp3) is 0.118. The predicted molar refractivity (Wildman–Crippen MR) is 95.6 cm³/mol. The van der Waals surface area contributed by atoms with Crippen molar-refractivity contribution in [3.05, 3.63) is 65.1 Å². The van der Waals surface area contributed by atoms with Gasteiger partial charge in [-0.2, -0.15) is 5.10 Å². The quantitative estimate of drug-likeness (QED) is 0.745. The number of anilines is 1. The summed E-state index contributed by atoms with van der Waals surface area (Å²) in [6.07, 6.45) is 0. The zero-order valence-corrected chi connectivity index (χ0v) is 15.1. The molecular weight excluding hydrogens is 365 g/mol. The van der Waals surface area contributed by atoms with E-state index in [2.05, 4.69) is 9.82 Å². The van der Waals surface area contributed by atoms with Gasteiger partial charge in [-0.05, 0) is 25.1 Å². The summed E-state index contributed by atoms with van der Waals surface area (Å²) >= 11 is 5.90. The Balaban J connectivity index is 2.09. The van der Waals surface area contributed by atoms with Crippen LogP contribution in [0.15, 0.2) is 53.4 Å². The number of aryl methyl sites for hydroxylation is 2. The first-order chi connectivity index (χ1) is 11.8. The molecule has 0 aliphatic rings. The lowest BCUT2D eigenvalue weighted by Gasteiger charge is -2.12. The summed E-state index contributed by atoms with van der Waals surface area (Å²) in [5.41, 5.74) is 2.31. The van der Waals surface area contributed by atoms with Crippen LogP contribution in [0.1, 0.15) is 5.69 Å². The molecule has 0 aliphatic carbocycles. The highest BCUT2D eigenvalue weighted by atomic mass is 35.5. The molecule has 3 rings (SSSR count). The summed E-state index contributed by atoms with van der Waals surface area (Å²) in [4.78, 5) is -0.196. The SMILES string of the molecule is Cc1nn(C)c(-c2ccccc2)c1NS(=O)(=O)c1ccc(F)cc1Cl. The van der Waals surface area contributed by atoms with Crippen molar-refractivity contribution in [2.24, 2.45) is 7.05 Å². The second-order valence-corrected chi connectivity index (χ2v) is 7.54. The largest absolute Gasteiger partial charge is 0.275 e. The van der Waals surface area contributed by atoms with E-state index in [0.717, 1.165) is 23.8 Å². The van der Waals surface area contributed by atoms with E-state index >= 15 is 0 Å². The third-order valence-corrected chi connectivity index (χ3v) is 5.52. The lowest BCUT2D eigenvalue weighted by Crippen LogP contribution is -2.14. The Hall–Kier alpha value is -2.38. The van der Waals surface area contributed by atoms with Gasteiger partial charge in [-0.3, -0.25) is 9.40 Å². The monoisotopic (exact) mass is 379 g/mol. The number of benzene rings is 2. The second kappa shape index (κ2) is 6.50. The van der Waals surface area contributed by atoms with Gasteiger partial charge in [0.1, 0.15) is 10.7 Å². The average Bonchev–Trinajstić information content (AvgIpc) is 2.81. The maximum absolute atomic E-state index is 13.2. The fourth-order valence-electron chi connectivity index (χ4n) is 2.59. The first-order valence-electron chi connectivity index (χ1n) is 7.36. The topological polar surface area (TPSA) is 64.0 Å². The van der Waals surface area contributed by atoms with E-state index in [0.29, 0.717) is 17.1 Å². The second-order valence-electron chi connectivity index (χ2n) is 5.48. The molecule has 25 heavy (non-hydrogen) atoms. The van der Waals surface area contributed by atoms with E-state index < -0.39 is 15.8 Å². The molecule has 1 heterocycles. The van der Waals surface area contributed by atoms with E-state index in [1.165, 1.54) is 0 Å². The van der Waals surface area contributed by atoms with E-state index in [1.807, 2.05) is 30.3 Å². The highest BCUT2D eigenvalue weighted by Crippen LogP contribution is 2.33. The molecule has 0 bridgehead atoms. The standard InChI is InChI=1S/C17H15ClFN3O2S/c1-11-16(17(22(2)20-11)12-6-4-3-5-7-12)21-25(23,24)15-9-8-13(19)10-14(15)18/h3-10,21H,1-2H3. The van der Waals surface area contributed by atoms with Crippen molar-refractivity contribution < 1.29 is 12.8 Å². The minimum absolute atomic E-state index is 0.185. The van der Waals surface area contributed by atoms with Crippen LogP contribution in [0.3, 0.4) is 0 Å². The molecule has 2 aromatic carbocycles. The number of halogens is 2. The highest BCUT2D eigenvalue weighted by molar-refractivity contribution is 7.92. The Bertz CT molecular complexity index is 1030. The molecule has 0 saturated carbocycles. The molecule has 0 fully saturated rings. The summed E-state index contributed by atoms with van der Waals surface area (Å²) in [7, 11) is -2.27. The third-order valence-electron chi connectivity index (χ3n) is 3.69. The molecule has 130 valence electrons. The van der Waals surface area contributed by atoms with Crippen LogP contribution in [0.5, 0.6) is 0 Å². The number of hydrogen-bond acceptors (Lipinski definition) is 3. The molecular formula is C17H15ClFN3O2S. The van der Waals surface area contributed by atoms with E-state index in [9.17, 15) is 12.8 Å². The summed E-state index contributed by atoms with van der Waals surface area (Å²) in [6, 6.07) is 12.4. The Kier molecular flexibility index (Phi) is 4.53. The van der Waals surface area contributed by atoms with E-state index in [1.54, 1.807) is 18.7 Å². The number of sulfonamides is 1. The van der Waals surface area contributed by atoms with Crippen molar-refractivity contribution in [1.82, 2.24) is 9.78 Å². The van der Waals surface area contributed by atoms with Crippen LogP contribution in [-0.4, -0.2) is 18.2 Å². The van der Waals surface area contributed by atoms with Gasteiger partial charge in [-0.25, -0.2) is 12.8 Å². The molecule has 8 heteroatoms. The zero-order chi connectivity index (χ0) is 18.2. The summed E-state index contributed by atoms with van der Waals surface area (Å²) in [5, 5.41) is 4.11. The first kappa shape index (κ1) is 17.4. The van der Waals surface area contributed by atoms with Crippen molar-refractivity contribution in [3.8, 4) is 11.3 Å². The molecule has 0 amide bonds. The molecule has 1 aromatic heterocycles. The molecule has 3 aromatic rings. The highest BCUT2D eigenvalue weighted by Gasteiger charge is 2.24. The smallest absolute Gasteiger partial charge is 0.263 e. The predicted octanol–water partition coefficient (Wildman–Crippen LogP) is 3.99. The molecule has 5 nitrogen and oxygen atoms in total. The van der Waals surface area contributed by atoms with E-state index in [4.69, 9.17) is 11.6 Å². The van der Waals surface area contributed by atoms with Gasteiger partial charge in [0.2, 0.25) is 0 Å². The molecule has 0 spiro atoms. The minimum atomic E-state index is -4.00. The molecule has 0 atom stereocenters. The van der Waals surface area contributed by atoms with Crippen LogP contribution >= 0.6 is 11.6 Å². The van der Waals surface area contributed by atoms with Crippen molar-refractivity contribution in [2.45, 2.75) is 11.8 Å². The number of nitrogens with zero attached hydrogens (tertiary/aromatic N) is 2. The summed E-state index contributed by atoms with van der Waals surface area (Å²) < 4.78 is 42.8. The minimum Gasteiger partial charge on any atom is -0.275 e. The molecule has 0 saturated heterocycles. The molecule has 0 radical (unpaired) electrons. The fourth-order valence-corrected chi connectivity index (χ4v) is 4.25. The van der Waals surface area contributed by atoms with Gasteiger partial charge >= 0.3 is 0 Å². The van der Waals surface area contributed by atoms with Crippen molar-refractivity contribution >= 4 is 27.3 Å².